The van der Waals surface area contributed by atoms with Gasteiger partial charge in [0.05, 0.1) is 77.0 Å². The predicted octanol–water partition coefficient (Wildman–Crippen LogP) is 3.51. The summed E-state index contributed by atoms with van der Waals surface area (Å²) in [7, 11) is -0.142. The Labute approximate surface area is 214 Å². The second kappa shape index (κ2) is 23.5. The largest absolute Gasteiger partial charge is 0.748 e. The van der Waals surface area contributed by atoms with Crippen molar-refractivity contribution in [2.45, 2.75) is 64.2 Å². The number of rotatable bonds is 27. The van der Waals surface area contributed by atoms with Gasteiger partial charge >= 0.3 is 0 Å². The van der Waals surface area contributed by atoms with E-state index < -0.39 is 10.1 Å². The molecule has 34 heavy (non-hydrogen) atoms. The number of quaternary nitrogens is 1. The van der Waals surface area contributed by atoms with Gasteiger partial charge in [0.1, 0.15) is 6.54 Å². The van der Waals surface area contributed by atoms with E-state index in [0.29, 0.717) is 63.7 Å². The summed E-state index contributed by atoms with van der Waals surface area (Å²) in [5.74, 6) is 0.705. The van der Waals surface area contributed by atoms with E-state index in [2.05, 4.69) is 12.6 Å². The molecule has 0 unspecified atom stereocenters. The molecule has 0 amide bonds. The minimum atomic E-state index is -4.13. The van der Waals surface area contributed by atoms with Crippen LogP contribution in [-0.2, 0) is 29.1 Å². The summed E-state index contributed by atoms with van der Waals surface area (Å²) < 4.78 is 54.8. The van der Waals surface area contributed by atoms with Gasteiger partial charge in [0.15, 0.2) is 0 Å². The van der Waals surface area contributed by atoms with Crippen LogP contribution in [0, 0.1) is 0 Å². The fourth-order valence-electron chi connectivity index (χ4n) is 3.41. The lowest BCUT2D eigenvalue weighted by Crippen LogP contribution is -2.43. The third-order valence-corrected chi connectivity index (χ3v) is 6.67. The van der Waals surface area contributed by atoms with Crippen LogP contribution in [-0.4, -0.2) is 109 Å². The molecule has 0 rings (SSSR count). The summed E-state index contributed by atoms with van der Waals surface area (Å²) in [5, 5.41) is 0. The molecule has 0 aliphatic rings. The van der Waals surface area contributed by atoms with Gasteiger partial charge in [0, 0.05) is 18.8 Å². The normalized spacial score (nSPS) is 12.5. The molecule has 0 spiro atoms. The number of hydrogen-bond acceptors (Lipinski definition) is 8. The van der Waals surface area contributed by atoms with Gasteiger partial charge in [-0.3, -0.25) is 0 Å². The van der Waals surface area contributed by atoms with Crippen molar-refractivity contribution < 1.29 is 36.4 Å². The first-order valence-electron chi connectivity index (χ1n) is 12.9. The molecule has 0 radical (unpaired) electrons. The zero-order valence-corrected chi connectivity index (χ0v) is 23.4. The number of nitrogens with zero attached hydrogens (tertiary/aromatic N) is 1. The topological polar surface area (TPSA) is 94.1 Å². The molecule has 0 fully saturated rings. The molecule has 0 saturated heterocycles. The Kier molecular flexibility index (Phi) is 23.5. The molecule has 0 saturated carbocycles. The summed E-state index contributed by atoms with van der Waals surface area (Å²) >= 11 is 4.24. The quantitative estimate of drug-likeness (QED) is 0.0753. The summed E-state index contributed by atoms with van der Waals surface area (Å²) in [6, 6.07) is 0. The Morgan fingerprint density at radius 1 is 0.588 bits per heavy atom. The van der Waals surface area contributed by atoms with Crippen LogP contribution in [0.25, 0.3) is 0 Å². The minimum absolute atomic E-state index is 0.310. The maximum absolute atomic E-state index is 10.7. The smallest absolute Gasteiger partial charge is 0.102 e. The lowest BCUT2D eigenvalue weighted by atomic mass is 10.1. The highest BCUT2D eigenvalue weighted by Crippen LogP contribution is 2.10. The first-order valence-corrected chi connectivity index (χ1v) is 15.2. The minimum Gasteiger partial charge on any atom is -0.748 e. The van der Waals surface area contributed by atoms with Gasteiger partial charge < -0.3 is 28.0 Å². The molecule has 0 aromatic rings. The van der Waals surface area contributed by atoms with Crippen LogP contribution in [0.4, 0.5) is 0 Å². The summed E-state index contributed by atoms with van der Waals surface area (Å²) in [6.07, 6.45) is 12.0. The molecular formula is C24H51NO7S2. The zero-order chi connectivity index (χ0) is 25.4. The highest BCUT2D eigenvalue weighted by molar-refractivity contribution is 7.85. The van der Waals surface area contributed by atoms with Crippen molar-refractivity contribution >= 4 is 22.7 Å². The summed E-state index contributed by atoms with van der Waals surface area (Å²) in [6.45, 7) is 6.06. The fraction of sp³-hybridized carbons (Fsp3) is 1.00. The number of likely N-dealkylation sites (N-methyl/N-ethyl adjacent to an activating group) is 1. The van der Waals surface area contributed by atoms with Crippen molar-refractivity contribution in [1.82, 2.24) is 0 Å². The Morgan fingerprint density at radius 2 is 1.00 bits per heavy atom. The van der Waals surface area contributed by atoms with E-state index in [0.717, 1.165) is 25.3 Å². The maximum atomic E-state index is 10.7. The molecule has 0 atom stereocenters. The van der Waals surface area contributed by atoms with E-state index in [1.54, 1.807) is 0 Å². The van der Waals surface area contributed by atoms with Crippen LogP contribution < -0.4 is 0 Å². The first-order chi connectivity index (χ1) is 16.3. The van der Waals surface area contributed by atoms with Gasteiger partial charge in [-0.15, -0.1) is 0 Å². The maximum Gasteiger partial charge on any atom is 0.102 e. The Bertz CT molecular complexity index is 533. The Morgan fingerprint density at radius 3 is 1.47 bits per heavy atom. The summed E-state index contributed by atoms with van der Waals surface area (Å²) in [4.78, 5) is 0. The van der Waals surface area contributed by atoms with Crippen molar-refractivity contribution in [3.05, 3.63) is 0 Å². The Hall–Kier alpha value is 0.0600. The fourth-order valence-corrected chi connectivity index (χ4v) is 4.11. The van der Waals surface area contributed by atoms with E-state index in [1.807, 2.05) is 14.1 Å². The van der Waals surface area contributed by atoms with Crippen molar-refractivity contribution in [3.8, 4) is 0 Å². The molecule has 206 valence electrons. The van der Waals surface area contributed by atoms with E-state index in [-0.39, 0.29) is 5.75 Å². The monoisotopic (exact) mass is 529 g/mol. The van der Waals surface area contributed by atoms with E-state index in [1.165, 1.54) is 51.4 Å². The third kappa shape index (κ3) is 28.3. The molecule has 0 bridgehead atoms. The van der Waals surface area contributed by atoms with Gasteiger partial charge in [-0.1, -0.05) is 44.9 Å². The summed E-state index contributed by atoms with van der Waals surface area (Å²) in [5.41, 5.74) is 0. The third-order valence-electron chi connectivity index (χ3n) is 5.56. The molecule has 0 aliphatic heterocycles. The number of thiol groups is 1. The standard InChI is InChI=1S/C24H51NO7S2/c1-25(2,13-12-24-34(26,27)28)14-16-30-18-20-32-22-21-31-19-17-29-15-10-8-6-4-3-5-7-9-11-23-33/h3-24H2,1-2H3,(H-,26,27,28,33). The second-order valence-electron chi connectivity index (χ2n) is 9.35. The van der Waals surface area contributed by atoms with Crippen LogP contribution in [0.2, 0.25) is 0 Å². The van der Waals surface area contributed by atoms with Gasteiger partial charge in [-0.2, -0.15) is 12.6 Å². The highest BCUT2D eigenvalue weighted by atomic mass is 32.2. The average molecular weight is 530 g/mol. The predicted molar refractivity (Wildman–Crippen MR) is 140 cm³/mol. The molecular weight excluding hydrogens is 478 g/mol. The van der Waals surface area contributed by atoms with Crippen LogP contribution >= 0.6 is 12.6 Å². The zero-order valence-electron chi connectivity index (χ0n) is 21.7. The van der Waals surface area contributed by atoms with Crippen molar-refractivity contribution in [1.29, 1.82) is 0 Å². The van der Waals surface area contributed by atoms with Crippen LogP contribution in [0.15, 0.2) is 0 Å². The van der Waals surface area contributed by atoms with Gasteiger partial charge in [0.25, 0.3) is 0 Å². The number of hydrogen-bond donors (Lipinski definition) is 1. The van der Waals surface area contributed by atoms with E-state index in [4.69, 9.17) is 18.9 Å². The van der Waals surface area contributed by atoms with Crippen molar-refractivity contribution in [2.75, 3.05) is 91.5 Å². The molecule has 0 aromatic heterocycles. The number of ether oxygens (including phenoxy) is 4. The van der Waals surface area contributed by atoms with Crippen molar-refractivity contribution in [3.63, 3.8) is 0 Å². The van der Waals surface area contributed by atoms with E-state index >= 15 is 0 Å². The van der Waals surface area contributed by atoms with Crippen LogP contribution in [0.3, 0.4) is 0 Å². The molecule has 10 heteroatoms. The SMILES string of the molecule is C[N+](C)(CCCS(=O)(=O)[O-])CCOCCOCCOCCOCCCCCCCCCCCS. The van der Waals surface area contributed by atoms with Crippen LogP contribution in [0.5, 0.6) is 0 Å². The van der Waals surface area contributed by atoms with Crippen molar-refractivity contribution in [2.24, 2.45) is 0 Å². The van der Waals surface area contributed by atoms with Gasteiger partial charge in [0.2, 0.25) is 0 Å². The molecule has 0 N–H and O–H groups in total. The van der Waals surface area contributed by atoms with Crippen LogP contribution in [0.1, 0.15) is 64.2 Å². The van der Waals surface area contributed by atoms with Gasteiger partial charge in [-0.25, -0.2) is 8.42 Å². The number of unbranched alkanes of at least 4 members (excludes halogenated alkanes) is 8. The first kappa shape index (κ1) is 34.1. The second-order valence-corrected chi connectivity index (χ2v) is 11.3. The molecule has 0 aliphatic carbocycles. The molecule has 0 aromatic carbocycles. The van der Waals surface area contributed by atoms with Gasteiger partial charge in [-0.05, 0) is 18.6 Å². The average Bonchev–Trinajstić information content (AvgIpc) is 2.76. The lowest BCUT2D eigenvalue weighted by molar-refractivity contribution is -0.890. The van der Waals surface area contributed by atoms with E-state index in [9.17, 15) is 13.0 Å². The highest BCUT2D eigenvalue weighted by Gasteiger charge is 2.14. The molecule has 8 nitrogen and oxygen atoms in total. The molecule has 0 heterocycles. The Balaban J connectivity index is 3.23. The lowest BCUT2D eigenvalue weighted by Gasteiger charge is -2.29.